The van der Waals surface area contributed by atoms with Gasteiger partial charge in [-0.3, -0.25) is 5.10 Å². The Bertz CT molecular complexity index is 700. The summed E-state index contributed by atoms with van der Waals surface area (Å²) in [6.45, 7) is 2.04. The van der Waals surface area contributed by atoms with Crippen molar-refractivity contribution in [2.45, 2.75) is 24.9 Å². The van der Waals surface area contributed by atoms with E-state index in [0.29, 0.717) is 15.9 Å². The van der Waals surface area contributed by atoms with Crippen LogP contribution in [0.1, 0.15) is 17.0 Å². The van der Waals surface area contributed by atoms with Crippen LogP contribution < -0.4 is 10.5 Å². The molecule has 0 amide bonds. The number of nitrogens with two attached hydrogens (primary N) is 1. The van der Waals surface area contributed by atoms with Gasteiger partial charge in [0.2, 0.25) is 10.0 Å². The van der Waals surface area contributed by atoms with Gasteiger partial charge in [-0.1, -0.05) is 15.9 Å². The molecule has 1 heterocycles. The van der Waals surface area contributed by atoms with Crippen LogP contribution in [-0.2, 0) is 23.1 Å². The van der Waals surface area contributed by atoms with Crippen LogP contribution in [0, 0.1) is 6.92 Å². The average molecular weight is 360 g/mol. The molecule has 108 valence electrons. The molecule has 0 aliphatic carbocycles. The first kappa shape index (κ1) is 15.1. The summed E-state index contributed by atoms with van der Waals surface area (Å²) in [6, 6.07) is 3.38. The Labute approximate surface area is 125 Å². The topological polar surface area (TPSA) is 114 Å². The van der Waals surface area contributed by atoms with Gasteiger partial charge in [-0.25, -0.2) is 18.1 Å². The molecular weight excluding hydrogens is 346 g/mol. The Kier molecular flexibility index (Phi) is 4.53. The molecule has 0 bridgehead atoms. The van der Waals surface area contributed by atoms with Gasteiger partial charge < -0.3 is 5.73 Å². The average Bonchev–Trinajstić information content (AvgIpc) is 2.92. The van der Waals surface area contributed by atoms with E-state index in [1.165, 1.54) is 6.33 Å². The summed E-state index contributed by atoms with van der Waals surface area (Å²) in [5, 5.41) is 6.25. The zero-order valence-corrected chi connectivity index (χ0v) is 13.1. The Morgan fingerprint density at radius 2 is 2.20 bits per heavy atom. The number of hydrogen-bond donors (Lipinski definition) is 3. The molecular formula is C11H14BrN5O2S. The van der Waals surface area contributed by atoms with Crippen LogP contribution in [0.2, 0.25) is 0 Å². The number of H-pyrrole nitrogens is 1. The van der Waals surface area contributed by atoms with E-state index in [1.807, 2.05) is 6.07 Å². The van der Waals surface area contributed by atoms with Crippen LogP contribution in [0.3, 0.4) is 0 Å². The Morgan fingerprint density at radius 3 is 2.80 bits per heavy atom. The van der Waals surface area contributed by atoms with Crippen molar-refractivity contribution in [3.8, 4) is 0 Å². The molecule has 1 aromatic heterocycles. The lowest BCUT2D eigenvalue weighted by Gasteiger charge is -2.11. The second kappa shape index (κ2) is 6.00. The number of rotatable bonds is 5. The standard InChI is InChI=1S/C11H14BrN5O2S/c1-7-9(12)2-8(4-13)3-10(7)20(18,19)16-5-11-14-6-15-17-11/h2-3,6,16H,4-5,13H2,1H3,(H,14,15,17). The first-order chi connectivity index (χ1) is 9.44. The predicted octanol–water partition coefficient (Wildman–Crippen LogP) is 0.813. The maximum atomic E-state index is 12.3. The van der Waals surface area contributed by atoms with Gasteiger partial charge in [0.1, 0.15) is 12.2 Å². The van der Waals surface area contributed by atoms with Crippen molar-refractivity contribution in [1.29, 1.82) is 0 Å². The number of sulfonamides is 1. The molecule has 0 aliphatic heterocycles. The molecule has 1 aromatic carbocycles. The van der Waals surface area contributed by atoms with E-state index in [0.717, 1.165) is 5.56 Å². The van der Waals surface area contributed by atoms with E-state index in [-0.39, 0.29) is 18.0 Å². The van der Waals surface area contributed by atoms with Crippen LogP contribution in [0.25, 0.3) is 0 Å². The van der Waals surface area contributed by atoms with Crippen molar-refractivity contribution >= 4 is 26.0 Å². The molecule has 0 aliphatic rings. The molecule has 0 spiro atoms. The number of nitrogens with one attached hydrogen (secondary N) is 2. The first-order valence-corrected chi connectivity index (χ1v) is 8.04. The van der Waals surface area contributed by atoms with Crippen LogP contribution in [0.5, 0.6) is 0 Å². The van der Waals surface area contributed by atoms with Crippen molar-refractivity contribution in [2.75, 3.05) is 0 Å². The van der Waals surface area contributed by atoms with Crippen LogP contribution in [0.15, 0.2) is 27.8 Å². The molecule has 7 nitrogen and oxygen atoms in total. The zero-order valence-electron chi connectivity index (χ0n) is 10.7. The van der Waals surface area contributed by atoms with Gasteiger partial charge >= 0.3 is 0 Å². The largest absolute Gasteiger partial charge is 0.326 e. The first-order valence-electron chi connectivity index (χ1n) is 5.77. The van der Waals surface area contributed by atoms with Gasteiger partial charge in [0.25, 0.3) is 0 Å². The highest BCUT2D eigenvalue weighted by Gasteiger charge is 2.19. The normalized spacial score (nSPS) is 11.8. The maximum Gasteiger partial charge on any atom is 0.241 e. The Hall–Kier alpha value is -1.29. The summed E-state index contributed by atoms with van der Waals surface area (Å²) in [5.74, 6) is 0.445. The summed E-state index contributed by atoms with van der Waals surface area (Å²) < 4.78 is 27.9. The Balaban J connectivity index is 2.31. The lowest BCUT2D eigenvalue weighted by molar-refractivity contribution is 0.578. The number of aromatic amines is 1. The number of nitrogens with zero attached hydrogens (tertiary/aromatic N) is 2. The lowest BCUT2D eigenvalue weighted by Crippen LogP contribution is -2.25. The smallest absolute Gasteiger partial charge is 0.241 e. The van der Waals surface area contributed by atoms with Gasteiger partial charge in [-0.05, 0) is 30.2 Å². The minimum atomic E-state index is -3.65. The van der Waals surface area contributed by atoms with E-state index in [1.54, 1.807) is 13.0 Å². The molecule has 0 radical (unpaired) electrons. The van der Waals surface area contributed by atoms with Crippen molar-refractivity contribution in [3.05, 3.63) is 39.9 Å². The fourth-order valence-electron chi connectivity index (χ4n) is 1.66. The van der Waals surface area contributed by atoms with E-state index >= 15 is 0 Å². The van der Waals surface area contributed by atoms with Crippen molar-refractivity contribution in [3.63, 3.8) is 0 Å². The van der Waals surface area contributed by atoms with E-state index in [4.69, 9.17) is 5.73 Å². The van der Waals surface area contributed by atoms with Crippen molar-refractivity contribution < 1.29 is 8.42 Å². The van der Waals surface area contributed by atoms with Crippen LogP contribution in [-0.4, -0.2) is 23.6 Å². The van der Waals surface area contributed by atoms with Gasteiger partial charge in [-0.15, -0.1) is 0 Å². The highest BCUT2D eigenvalue weighted by molar-refractivity contribution is 9.10. The summed E-state index contributed by atoms with van der Waals surface area (Å²) >= 11 is 3.34. The number of hydrogen-bond acceptors (Lipinski definition) is 5. The molecule has 2 rings (SSSR count). The molecule has 2 aromatic rings. The third-order valence-electron chi connectivity index (χ3n) is 2.78. The van der Waals surface area contributed by atoms with Gasteiger partial charge in [-0.2, -0.15) is 5.10 Å². The van der Waals surface area contributed by atoms with Gasteiger partial charge in [0.05, 0.1) is 11.4 Å². The third-order valence-corrected chi connectivity index (χ3v) is 5.13. The molecule has 4 N–H and O–H groups in total. The summed E-state index contributed by atoms with van der Waals surface area (Å²) in [5.41, 5.74) is 6.94. The number of halogens is 1. The minimum Gasteiger partial charge on any atom is -0.326 e. The van der Waals surface area contributed by atoms with E-state index in [9.17, 15) is 8.42 Å². The van der Waals surface area contributed by atoms with Gasteiger partial charge in [0, 0.05) is 11.0 Å². The SMILES string of the molecule is Cc1c(Br)cc(CN)cc1S(=O)(=O)NCc1ncn[nH]1. The minimum absolute atomic E-state index is 0.0479. The Morgan fingerprint density at radius 1 is 1.45 bits per heavy atom. The number of aromatic nitrogens is 3. The fraction of sp³-hybridized carbons (Fsp3) is 0.273. The van der Waals surface area contributed by atoms with E-state index < -0.39 is 10.0 Å². The summed E-state index contributed by atoms with van der Waals surface area (Å²) in [4.78, 5) is 4.06. The van der Waals surface area contributed by atoms with Crippen molar-refractivity contribution in [2.24, 2.45) is 5.73 Å². The van der Waals surface area contributed by atoms with Gasteiger partial charge in [0.15, 0.2) is 0 Å². The van der Waals surface area contributed by atoms with Crippen LogP contribution >= 0.6 is 15.9 Å². The summed E-state index contributed by atoms with van der Waals surface area (Å²) in [6.07, 6.45) is 1.32. The molecule has 9 heteroatoms. The quantitative estimate of drug-likeness (QED) is 0.730. The third kappa shape index (κ3) is 3.23. The summed E-state index contributed by atoms with van der Waals surface area (Å²) in [7, 11) is -3.65. The molecule has 0 saturated carbocycles. The zero-order chi connectivity index (χ0) is 14.8. The second-order valence-corrected chi connectivity index (χ2v) is 6.75. The predicted molar refractivity (Wildman–Crippen MR) is 77.2 cm³/mol. The van der Waals surface area contributed by atoms with Crippen LogP contribution in [0.4, 0.5) is 0 Å². The maximum absolute atomic E-state index is 12.3. The second-order valence-electron chi connectivity index (χ2n) is 4.16. The molecule has 0 atom stereocenters. The highest BCUT2D eigenvalue weighted by Crippen LogP contribution is 2.25. The highest BCUT2D eigenvalue weighted by atomic mass is 79.9. The molecule has 20 heavy (non-hydrogen) atoms. The van der Waals surface area contributed by atoms with Crippen molar-refractivity contribution in [1.82, 2.24) is 19.9 Å². The molecule has 0 fully saturated rings. The molecule has 0 unspecified atom stereocenters. The van der Waals surface area contributed by atoms with E-state index in [2.05, 4.69) is 35.8 Å². The fourth-order valence-corrected chi connectivity index (χ4v) is 3.60. The monoisotopic (exact) mass is 359 g/mol. The number of benzene rings is 1. The lowest BCUT2D eigenvalue weighted by atomic mass is 10.1. The molecule has 0 saturated heterocycles.